The van der Waals surface area contributed by atoms with Crippen LogP contribution >= 0.6 is 0 Å². The van der Waals surface area contributed by atoms with E-state index in [1.165, 1.54) is 0 Å². The third kappa shape index (κ3) is 6.62. The van der Waals surface area contributed by atoms with Crippen molar-refractivity contribution in [2.24, 2.45) is 0 Å². The van der Waals surface area contributed by atoms with Gasteiger partial charge in [0.05, 0.1) is 6.54 Å². The van der Waals surface area contributed by atoms with E-state index < -0.39 is 0 Å². The number of nitrogens with one attached hydrogen (secondary N) is 4. The van der Waals surface area contributed by atoms with Gasteiger partial charge in [-0.3, -0.25) is 14.4 Å². The lowest BCUT2D eigenvalue weighted by Gasteiger charge is -2.20. The lowest BCUT2D eigenvalue weighted by Crippen LogP contribution is -2.40. The van der Waals surface area contributed by atoms with Gasteiger partial charge in [-0.05, 0) is 76.1 Å². The first-order valence-corrected chi connectivity index (χ1v) is 10.1. The Morgan fingerprint density at radius 1 is 0.900 bits per heavy atom. The van der Waals surface area contributed by atoms with E-state index in [-0.39, 0.29) is 35.8 Å². The highest BCUT2D eigenvalue weighted by atomic mass is 16.2. The van der Waals surface area contributed by atoms with Gasteiger partial charge in [0.15, 0.2) is 0 Å². The minimum Gasteiger partial charge on any atom is -0.376 e. The van der Waals surface area contributed by atoms with Crippen molar-refractivity contribution in [2.75, 3.05) is 17.2 Å². The third-order valence-electron chi connectivity index (χ3n) is 4.41. The van der Waals surface area contributed by atoms with Crippen LogP contribution in [-0.2, 0) is 4.79 Å². The van der Waals surface area contributed by atoms with E-state index in [2.05, 4.69) is 21.3 Å². The summed E-state index contributed by atoms with van der Waals surface area (Å²) in [5.74, 6) is -0.496. The number of rotatable bonds is 7. The van der Waals surface area contributed by atoms with Crippen LogP contribution in [-0.4, -0.2) is 35.8 Å². The predicted molar refractivity (Wildman–Crippen MR) is 118 cm³/mol. The van der Waals surface area contributed by atoms with E-state index in [0.717, 1.165) is 18.5 Å². The van der Waals surface area contributed by atoms with E-state index >= 15 is 0 Å². The molecule has 3 rings (SSSR count). The molecule has 0 saturated heterocycles. The van der Waals surface area contributed by atoms with Crippen molar-refractivity contribution in [1.29, 1.82) is 0 Å². The first-order chi connectivity index (χ1) is 14.2. The Labute approximate surface area is 176 Å². The summed E-state index contributed by atoms with van der Waals surface area (Å²) in [4.78, 5) is 36.5. The molecule has 1 saturated carbocycles. The van der Waals surface area contributed by atoms with Crippen LogP contribution in [0.1, 0.15) is 54.3 Å². The van der Waals surface area contributed by atoms with Crippen molar-refractivity contribution >= 4 is 29.1 Å². The van der Waals surface area contributed by atoms with E-state index in [1.54, 1.807) is 48.5 Å². The zero-order valence-corrected chi connectivity index (χ0v) is 17.5. The minimum atomic E-state index is -0.304. The van der Waals surface area contributed by atoms with Crippen LogP contribution in [0.4, 0.5) is 11.4 Å². The average molecular weight is 409 g/mol. The Bertz CT molecular complexity index is 928. The van der Waals surface area contributed by atoms with Crippen molar-refractivity contribution in [2.45, 2.75) is 45.2 Å². The van der Waals surface area contributed by atoms with Crippen molar-refractivity contribution in [3.63, 3.8) is 0 Å². The van der Waals surface area contributed by atoms with Gasteiger partial charge in [0, 0.05) is 34.1 Å². The largest absolute Gasteiger partial charge is 0.376 e. The molecule has 0 aromatic heterocycles. The highest BCUT2D eigenvalue weighted by molar-refractivity contribution is 5.98. The molecule has 4 N–H and O–H groups in total. The van der Waals surface area contributed by atoms with Crippen molar-refractivity contribution in [1.82, 2.24) is 10.6 Å². The van der Waals surface area contributed by atoms with Crippen LogP contribution in [0.15, 0.2) is 48.5 Å². The van der Waals surface area contributed by atoms with Gasteiger partial charge in [-0.15, -0.1) is 0 Å². The molecule has 0 heterocycles. The van der Waals surface area contributed by atoms with Crippen LogP contribution in [0.25, 0.3) is 0 Å². The zero-order chi connectivity index (χ0) is 21.7. The molecule has 7 nitrogen and oxygen atoms in total. The molecule has 0 unspecified atom stereocenters. The molecule has 30 heavy (non-hydrogen) atoms. The van der Waals surface area contributed by atoms with E-state index in [4.69, 9.17) is 0 Å². The molecule has 0 spiro atoms. The Morgan fingerprint density at radius 3 is 2.23 bits per heavy atom. The quantitative estimate of drug-likeness (QED) is 0.565. The van der Waals surface area contributed by atoms with Gasteiger partial charge in [0.25, 0.3) is 11.8 Å². The third-order valence-corrected chi connectivity index (χ3v) is 4.41. The summed E-state index contributed by atoms with van der Waals surface area (Å²) in [5.41, 5.74) is 2.08. The second-order valence-corrected chi connectivity index (χ2v) is 8.51. The fourth-order valence-electron chi connectivity index (χ4n) is 2.77. The number of hydrogen-bond donors (Lipinski definition) is 4. The maximum atomic E-state index is 12.2. The van der Waals surface area contributed by atoms with Crippen LogP contribution in [0, 0.1) is 0 Å². The lowest BCUT2D eigenvalue weighted by atomic mass is 10.1. The summed E-state index contributed by atoms with van der Waals surface area (Å²) < 4.78 is 0. The lowest BCUT2D eigenvalue weighted by molar-refractivity contribution is -0.114. The second kappa shape index (κ2) is 8.98. The number of carbonyl (C=O) groups excluding carboxylic acids is 3. The fraction of sp³-hybridized carbons (Fsp3) is 0.348. The van der Waals surface area contributed by atoms with E-state index in [0.29, 0.717) is 16.8 Å². The number of amides is 3. The van der Waals surface area contributed by atoms with Crippen molar-refractivity contribution in [3.05, 3.63) is 59.7 Å². The maximum absolute atomic E-state index is 12.2. The van der Waals surface area contributed by atoms with E-state index in [9.17, 15) is 14.4 Å². The molecule has 3 amide bonds. The Hall–Kier alpha value is -3.35. The second-order valence-electron chi connectivity index (χ2n) is 8.51. The van der Waals surface area contributed by atoms with Crippen molar-refractivity contribution in [3.8, 4) is 0 Å². The SMILES string of the molecule is CC(C)(C)NC(=O)c1ccc(NCC(=O)Nc2cccc(C(=O)NC3CC3)c2)cc1. The molecule has 0 bridgehead atoms. The molecule has 7 heteroatoms. The van der Waals surface area contributed by atoms with Gasteiger partial charge in [-0.1, -0.05) is 6.07 Å². The maximum Gasteiger partial charge on any atom is 0.251 e. The topological polar surface area (TPSA) is 99.3 Å². The molecule has 0 aliphatic heterocycles. The Morgan fingerprint density at radius 2 is 1.60 bits per heavy atom. The Kier molecular flexibility index (Phi) is 6.40. The van der Waals surface area contributed by atoms with Crippen LogP contribution < -0.4 is 21.3 Å². The van der Waals surface area contributed by atoms with Crippen LogP contribution in [0.2, 0.25) is 0 Å². The molecule has 1 aliphatic rings. The number of hydrogen-bond acceptors (Lipinski definition) is 4. The predicted octanol–water partition coefficient (Wildman–Crippen LogP) is 3.16. The van der Waals surface area contributed by atoms with Crippen LogP contribution in [0.5, 0.6) is 0 Å². The molecular weight excluding hydrogens is 380 g/mol. The van der Waals surface area contributed by atoms with Gasteiger partial charge in [-0.25, -0.2) is 0 Å². The van der Waals surface area contributed by atoms with Gasteiger partial charge >= 0.3 is 0 Å². The summed E-state index contributed by atoms with van der Waals surface area (Å²) in [6.45, 7) is 5.84. The summed E-state index contributed by atoms with van der Waals surface area (Å²) in [6, 6.07) is 14.1. The van der Waals surface area contributed by atoms with Gasteiger partial charge in [-0.2, -0.15) is 0 Å². The normalized spacial score (nSPS) is 13.3. The summed E-state index contributed by atoms with van der Waals surface area (Å²) >= 11 is 0. The summed E-state index contributed by atoms with van der Waals surface area (Å²) in [5, 5.41) is 11.7. The highest BCUT2D eigenvalue weighted by Crippen LogP contribution is 2.20. The molecule has 2 aromatic carbocycles. The molecule has 158 valence electrons. The van der Waals surface area contributed by atoms with E-state index in [1.807, 2.05) is 20.8 Å². The first-order valence-electron chi connectivity index (χ1n) is 10.1. The number of anilines is 2. The molecule has 0 atom stereocenters. The molecule has 0 radical (unpaired) electrons. The van der Waals surface area contributed by atoms with Gasteiger partial charge in [0.2, 0.25) is 5.91 Å². The van der Waals surface area contributed by atoms with Crippen LogP contribution in [0.3, 0.4) is 0 Å². The number of carbonyl (C=O) groups is 3. The van der Waals surface area contributed by atoms with Crippen molar-refractivity contribution < 1.29 is 14.4 Å². The number of benzene rings is 2. The zero-order valence-electron chi connectivity index (χ0n) is 17.5. The smallest absolute Gasteiger partial charge is 0.251 e. The summed E-state index contributed by atoms with van der Waals surface area (Å²) in [7, 11) is 0. The van der Waals surface area contributed by atoms with Gasteiger partial charge in [0.1, 0.15) is 0 Å². The minimum absolute atomic E-state index is 0.0615. The highest BCUT2D eigenvalue weighted by Gasteiger charge is 2.23. The average Bonchev–Trinajstić information content (AvgIpc) is 3.49. The monoisotopic (exact) mass is 408 g/mol. The standard InChI is InChI=1S/C23H28N4O3/c1-23(2,3)27-22(30)15-7-9-17(10-8-15)24-14-20(28)25-19-6-4-5-16(13-19)21(29)26-18-11-12-18/h4-10,13,18,24H,11-12,14H2,1-3H3,(H,25,28)(H,26,29)(H,27,30). The fourth-order valence-corrected chi connectivity index (χ4v) is 2.77. The Balaban J connectivity index is 1.50. The summed E-state index contributed by atoms with van der Waals surface area (Å²) in [6.07, 6.45) is 2.05. The molecule has 1 fully saturated rings. The molecular formula is C23H28N4O3. The first kappa shape index (κ1) is 21.4. The molecule has 2 aromatic rings. The van der Waals surface area contributed by atoms with Gasteiger partial charge < -0.3 is 21.3 Å². The molecule has 1 aliphatic carbocycles.